The van der Waals surface area contributed by atoms with Crippen molar-refractivity contribution >= 4 is 29.3 Å². The van der Waals surface area contributed by atoms with Gasteiger partial charge in [-0.3, -0.25) is 9.36 Å². The van der Waals surface area contributed by atoms with Crippen LogP contribution in [-0.4, -0.2) is 63.9 Å². The van der Waals surface area contributed by atoms with E-state index < -0.39 is 0 Å². The maximum absolute atomic E-state index is 12.7. The van der Waals surface area contributed by atoms with Crippen LogP contribution in [0.25, 0.3) is 5.69 Å². The topological polar surface area (TPSA) is 69.5 Å². The second kappa shape index (κ2) is 8.82. The standard InChI is InChI=1S/C19H23ClN4O3S/c1-13-4-5-15(9-16(13)20)24-12-21-22-19(24)28-11-17(25)23-6-2-3-14(10-23)18-26-7-8-27-18/h4-5,9,12,14,18H,2-3,6-8,10-11H2,1H3. The fourth-order valence-electron chi connectivity index (χ4n) is 3.56. The van der Waals surface area contributed by atoms with Gasteiger partial charge in [-0.2, -0.15) is 0 Å². The molecule has 0 bridgehead atoms. The number of amides is 1. The van der Waals surface area contributed by atoms with Crippen LogP contribution in [0.4, 0.5) is 0 Å². The summed E-state index contributed by atoms with van der Waals surface area (Å²) in [6.07, 6.45) is 3.48. The van der Waals surface area contributed by atoms with Crippen LogP contribution < -0.4 is 0 Å². The SMILES string of the molecule is Cc1ccc(-n2cnnc2SCC(=O)N2CCCC(C3OCCO3)C2)cc1Cl. The minimum Gasteiger partial charge on any atom is -0.350 e. The third-order valence-electron chi connectivity index (χ3n) is 5.12. The maximum Gasteiger partial charge on any atom is 0.233 e. The van der Waals surface area contributed by atoms with Crippen molar-refractivity contribution in [1.82, 2.24) is 19.7 Å². The van der Waals surface area contributed by atoms with Gasteiger partial charge in [0.15, 0.2) is 11.4 Å². The highest BCUT2D eigenvalue weighted by molar-refractivity contribution is 7.99. The lowest BCUT2D eigenvalue weighted by atomic mass is 9.97. The Morgan fingerprint density at radius 2 is 2.18 bits per heavy atom. The number of thioether (sulfide) groups is 1. The minimum atomic E-state index is -0.169. The average molecular weight is 423 g/mol. The normalized spacial score (nSPS) is 20.6. The fraction of sp³-hybridized carbons (Fsp3) is 0.526. The van der Waals surface area contributed by atoms with Crippen molar-refractivity contribution in [3.8, 4) is 5.69 Å². The second-order valence-corrected chi connectivity index (χ2v) is 8.41. The van der Waals surface area contributed by atoms with E-state index in [2.05, 4.69) is 10.2 Å². The highest BCUT2D eigenvalue weighted by atomic mass is 35.5. The van der Waals surface area contributed by atoms with Gasteiger partial charge in [0.2, 0.25) is 5.91 Å². The molecular formula is C19H23ClN4O3S. The number of piperidine rings is 1. The summed E-state index contributed by atoms with van der Waals surface area (Å²) in [6.45, 7) is 4.71. The quantitative estimate of drug-likeness (QED) is 0.690. The van der Waals surface area contributed by atoms with Crippen LogP contribution in [0.2, 0.25) is 5.02 Å². The van der Waals surface area contributed by atoms with Crippen LogP contribution in [0, 0.1) is 12.8 Å². The Balaban J connectivity index is 1.37. The third-order valence-corrected chi connectivity index (χ3v) is 6.45. The molecule has 9 heteroatoms. The smallest absolute Gasteiger partial charge is 0.233 e. The number of carbonyl (C=O) groups is 1. The number of nitrogens with zero attached hydrogens (tertiary/aromatic N) is 4. The molecule has 1 aromatic heterocycles. The lowest BCUT2D eigenvalue weighted by Crippen LogP contribution is -2.44. The third kappa shape index (κ3) is 4.35. The molecule has 7 nitrogen and oxygen atoms in total. The van der Waals surface area contributed by atoms with Gasteiger partial charge in [-0.1, -0.05) is 29.4 Å². The van der Waals surface area contributed by atoms with Gasteiger partial charge in [0.1, 0.15) is 6.33 Å². The molecule has 0 aliphatic carbocycles. The van der Waals surface area contributed by atoms with Gasteiger partial charge in [-0.05, 0) is 37.5 Å². The van der Waals surface area contributed by atoms with Gasteiger partial charge < -0.3 is 14.4 Å². The molecule has 1 unspecified atom stereocenters. The Labute approximate surface area is 173 Å². The molecule has 1 atom stereocenters. The van der Waals surface area contributed by atoms with Gasteiger partial charge in [0.25, 0.3) is 0 Å². The molecule has 1 aromatic carbocycles. The van der Waals surface area contributed by atoms with Gasteiger partial charge in [0, 0.05) is 24.0 Å². The fourth-order valence-corrected chi connectivity index (χ4v) is 4.56. The summed E-state index contributed by atoms with van der Waals surface area (Å²) in [5, 5.41) is 9.52. The summed E-state index contributed by atoms with van der Waals surface area (Å²) in [5.74, 6) is 0.671. The van der Waals surface area contributed by atoms with E-state index in [-0.39, 0.29) is 18.1 Å². The van der Waals surface area contributed by atoms with Crippen molar-refractivity contribution in [1.29, 1.82) is 0 Å². The first-order valence-electron chi connectivity index (χ1n) is 9.42. The summed E-state index contributed by atoms with van der Waals surface area (Å²) in [7, 11) is 0. The van der Waals surface area contributed by atoms with Crippen LogP contribution in [-0.2, 0) is 14.3 Å². The number of rotatable bonds is 5. The molecule has 0 spiro atoms. The number of aromatic nitrogens is 3. The number of benzene rings is 1. The van der Waals surface area contributed by atoms with Crippen molar-refractivity contribution in [2.75, 3.05) is 32.1 Å². The molecule has 4 rings (SSSR count). The molecule has 1 amide bonds. The molecule has 0 saturated carbocycles. The van der Waals surface area contributed by atoms with Crippen molar-refractivity contribution in [2.24, 2.45) is 5.92 Å². The van der Waals surface area contributed by atoms with Crippen LogP contribution in [0.5, 0.6) is 0 Å². The summed E-state index contributed by atoms with van der Waals surface area (Å²) in [5.41, 5.74) is 1.89. The van der Waals surface area contributed by atoms with Crippen LogP contribution in [0.3, 0.4) is 0 Å². The first-order chi connectivity index (χ1) is 13.6. The maximum atomic E-state index is 12.7. The monoisotopic (exact) mass is 422 g/mol. The predicted molar refractivity (Wildman–Crippen MR) is 107 cm³/mol. The summed E-state index contributed by atoms with van der Waals surface area (Å²) in [6, 6.07) is 5.80. The summed E-state index contributed by atoms with van der Waals surface area (Å²) in [4.78, 5) is 14.7. The summed E-state index contributed by atoms with van der Waals surface area (Å²) < 4.78 is 13.1. The van der Waals surface area contributed by atoms with E-state index in [4.69, 9.17) is 21.1 Å². The molecule has 150 valence electrons. The first-order valence-corrected chi connectivity index (χ1v) is 10.8. The lowest BCUT2D eigenvalue weighted by Gasteiger charge is -2.34. The zero-order chi connectivity index (χ0) is 19.5. The van der Waals surface area contributed by atoms with E-state index in [1.165, 1.54) is 11.8 Å². The average Bonchev–Trinajstić information content (AvgIpc) is 3.40. The van der Waals surface area contributed by atoms with Crippen LogP contribution in [0.15, 0.2) is 29.7 Å². The molecule has 3 heterocycles. The number of halogens is 1. The second-order valence-electron chi connectivity index (χ2n) is 7.06. The molecule has 2 aliphatic rings. The molecule has 2 aliphatic heterocycles. The number of likely N-dealkylation sites (tertiary alicyclic amines) is 1. The number of aryl methyl sites for hydroxylation is 1. The molecule has 0 radical (unpaired) electrons. The highest BCUT2D eigenvalue weighted by Crippen LogP contribution is 2.27. The zero-order valence-electron chi connectivity index (χ0n) is 15.7. The number of hydrogen-bond donors (Lipinski definition) is 0. The number of ether oxygens (including phenoxy) is 2. The van der Waals surface area contributed by atoms with Crippen molar-refractivity contribution in [3.05, 3.63) is 35.1 Å². The number of carbonyl (C=O) groups excluding carboxylic acids is 1. The van der Waals surface area contributed by atoms with Gasteiger partial charge in [-0.25, -0.2) is 0 Å². The molecular weight excluding hydrogens is 400 g/mol. The molecule has 2 saturated heterocycles. The molecule has 2 aromatic rings. The van der Waals surface area contributed by atoms with Gasteiger partial charge in [-0.15, -0.1) is 10.2 Å². The largest absolute Gasteiger partial charge is 0.350 e. The van der Waals surface area contributed by atoms with E-state index in [0.29, 0.717) is 35.7 Å². The zero-order valence-corrected chi connectivity index (χ0v) is 17.3. The molecule has 28 heavy (non-hydrogen) atoms. The summed E-state index contributed by atoms with van der Waals surface area (Å²) >= 11 is 7.62. The molecule has 0 N–H and O–H groups in total. The van der Waals surface area contributed by atoms with Gasteiger partial charge >= 0.3 is 0 Å². The van der Waals surface area contributed by atoms with E-state index in [1.54, 1.807) is 6.33 Å². The Morgan fingerprint density at radius 3 is 2.96 bits per heavy atom. The lowest BCUT2D eigenvalue weighted by molar-refractivity contribution is -0.136. The number of hydrogen-bond acceptors (Lipinski definition) is 6. The van der Waals surface area contributed by atoms with Crippen LogP contribution in [0.1, 0.15) is 18.4 Å². The first kappa shape index (κ1) is 19.7. The Bertz CT molecular complexity index is 840. The Morgan fingerprint density at radius 1 is 1.36 bits per heavy atom. The Kier molecular flexibility index (Phi) is 6.20. The van der Waals surface area contributed by atoms with E-state index in [1.807, 2.05) is 34.6 Å². The molecule has 2 fully saturated rings. The van der Waals surface area contributed by atoms with E-state index in [0.717, 1.165) is 30.6 Å². The predicted octanol–water partition coefficient (Wildman–Crippen LogP) is 2.93. The van der Waals surface area contributed by atoms with Crippen molar-refractivity contribution in [2.45, 2.75) is 31.2 Å². The highest BCUT2D eigenvalue weighted by Gasteiger charge is 2.32. The Hall–Kier alpha value is -1.61. The van der Waals surface area contributed by atoms with E-state index in [9.17, 15) is 4.79 Å². The minimum absolute atomic E-state index is 0.101. The van der Waals surface area contributed by atoms with Gasteiger partial charge in [0.05, 0.1) is 24.7 Å². The van der Waals surface area contributed by atoms with Crippen LogP contribution >= 0.6 is 23.4 Å². The van der Waals surface area contributed by atoms with Crippen molar-refractivity contribution in [3.63, 3.8) is 0 Å². The van der Waals surface area contributed by atoms with Crippen molar-refractivity contribution < 1.29 is 14.3 Å². The van der Waals surface area contributed by atoms with E-state index >= 15 is 0 Å².